The van der Waals surface area contributed by atoms with Crippen LogP contribution in [-0.2, 0) is 13.0 Å². The molecule has 2 aromatic rings. The number of hydrogen-bond acceptors (Lipinski definition) is 4. The first-order valence-corrected chi connectivity index (χ1v) is 8.73. The number of aromatic nitrogens is 2. The van der Waals surface area contributed by atoms with E-state index < -0.39 is 0 Å². The number of rotatable bonds is 3. The van der Waals surface area contributed by atoms with Crippen LogP contribution in [0, 0.1) is 16.7 Å². The van der Waals surface area contributed by atoms with E-state index in [1.54, 1.807) is 0 Å². The summed E-state index contributed by atoms with van der Waals surface area (Å²) in [5.74, 6) is 0. The number of nitrogens with zero attached hydrogens (tertiary/aromatic N) is 3. The molecule has 0 atom stereocenters. The highest BCUT2D eigenvalue weighted by molar-refractivity contribution is 5.84. The second kappa shape index (κ2) is 6.54. The topological polar surface area (TPSA) is 81.7 Å². The van der Waals surface area contributed by atoms with Gasteiger partial charge in [-0.1, -0.05) is 20.8 Å². The van der Waals surface area contributed by atoms with Gasteiger partial charge in [0.1, 0.15) is 11.8 Å². The van der Waals surface area contributed by atoms with Crippen molar-refractivity contribution >= 4 is 10.9 Å². The summed E-state index contributed by atoms with van der Waals surface area (Å²) in [6.45, 7) is 9.64. The number of nitrogens with one attached hydrogen (secondary N) is 1. The van der Waals surface area contributed by atoms with Gasteiger partial charge in [0.25, 0.3) is 0 Å². The maximum absolute atomic E-state index is 9.20. The summed E-state index contributed by atoms with van der Waals surface area (Å²) in [7, 11) is 0. The molecular formula is C19H27N5. The van der Waals surface area contributed by atoms with Gasteiger partial charge in [0.2, 0.25) is 0 Å². The Morgan fingerprint density at radius 3 is 2.71 bits per heavy atom. The predicted octanol–water partition coefficient (Wildman–Crippen LogP) is 2.95. The first-order chi connectivity index (χ1) is 11.4. The molecule has 0 aliphatic carbocycles. The molecule has 0 unspecified atom stereocenters. The van der Waals surface area contributed by atoms with Crippen LogP contribution >= 0.6 is 0 Å². The number of nitrogens with two attached hydrogens (primary N) is 1. The molecule has 0 amide bonds. The van der Waals surface area contributed by atoms with Crippen LogP contribution in [0.1, 0.15) is 50.6 Å². The number of fused-ring (bicyclic) bond motifs is 1. The molecule has 1 aliphatic heterocycles. The lowest BCUT2D eigenvalue weighted by molar-refractivity contribution is 0.202. The summed E-state index contributed by atoms with van der Waals surface area (Å²) in [6, 6.07) is 4.43. The van der Waals surface area contributed by atoms with Crippen molar-refractivity contribution in [1.82, 2.24) is 14.9 Å². The van der Waals surface area contributed by atoms with E-state index in [-0.39, 0.29) is 5.41 Å². The molecule has 128 valence electrons. The van der Waals surface area contributed by atoms with Crippen molar-refractivity contribution < 1.29 is 0 Å². The van der Waals surface area contributed by atoms with Crippen LogP contribution in [0.15, 0.2) is 12.3 Å². The van der Waals surface area contributed by atoms with E-state index >= 15 is 0 Å². The van der Waals surface area contributed by atoms with Crippen LogP contribution < -0.4 is 5.73 Å². The molecule has 5 nitrogen and oxygen atoms in total. The van der Waals surface area contributed by atoms with Crippen molar-refractivity contribution in [2.75, 3.05) is 13.1 Å². The van der Waals surface area contributed by atoms with Gasteiger partial charge in [-0.2, -0.15) is 5.26 Å². The lowest BCUT2D eigenvalue weighted by atomic mass is 9.86. The first-order valence-electron chi connectivity index (χ1n) is 8.73. The lowest BCUT2D eigenvalue weighted by Crippen LogP contribution is -2.39. The smallest absolute Gasteiger partial charge is 0.118 e. The summed E-state index contributed by atoms with van der Waals surface area (Å²) in [5, 5.41) is 10.2. The van der Waals surface area contributed by atoms with Crippen LogP contribution in [0.2, 0.25) is 0 Å². The zero-order valence-corrected chi connectivity index (χ0v) is 14.9. The number of pyridine rings is 1. The fourth-order valence-electron chi connectivity index (χ4n) is 3.43. The van der Waals surface area contributed by atoms with Crippen molar-refractivity contribution in [2.45, 2.75) is 52.6 Å². The van der Waals surface area contributed by atoms with Gasteiger partial charge in [-0.05, 0) is 36.3 Å². The van der Waals surface area contributed by atoms with Crippen molar-refractivity contribution in [3.05, 3.63) is 29.2 Å². The van der Waals surface area contributed by atoms with Crippen molar-refractivity contribution in [2.24, 2.45) is 11.1 Å². The molecule has 0 saturated carbocycles. The van der Waals surface area contributed by atoms with Crippen LogP contribution in [0.5, 0.6) is 0 Å². The average Bonchev–Trinajstić information content (AvgIpc) is 2.94. The minimum absolute atomic E-state index is 0.160. The van der Waals surface area contributed by atoms with E-state index in [4.69, 9.17) is 10.7 Å². The highest BCUT2D eigenvalue weighted by atomic mass is 15.1. The maximum atomic E-state index is 9.20. The third kappa shape index (κ3) is 3.77. The highest BCUT2D eigenvalue weighted by Crippen LogP contribution is 2.29. The maximum Gasteiger partial charge on any atom is 0.118 e. The van der Waals surface area contributed by atoms with Gasteiger partial charge in [-0.3, -0.25) is 9.88 Å². The Morgan fingerprint density at radius 2 is 2.08 bits per heavy atom. The Morgan fingerprint density at radius 1 is 1.38 bits per heavy atom. The molecule has 3 heterocycles. The predicted molar refractivity (Wildman–Crippen MR) is 96.5 cm³/mol. The van der Waals surface area contributed by atoms with Gasteiger partial charge in [0.05, 0.1) is 11.2 Å². The van der Waals surface area contributed by atoms with E-state index in [9.17, 15) is 5.26 Å². The molecule has 2 aromatic heterocycles. The monoisotopic (exact) mass is 325 g/mol. The molecule has 0 bridgehead atoms. The first kappa shape index (κ1) is 16.9. The minimum Gasteiger partial charge on any atom is -0.346 e. The summed E-state index contributed by atoms with van der Waals surface area (Å²) in [5.41, 5.74) is 10.2. The van der Waals surface area contributed by atoms with Crippen molar-refractivity contribution in [1.29, 1.82) is 5.26 Å². The minimum atomic E-state index is 0.160. The number of H-pyrrole nitrogens is 1. The zero-order valence-electron chi connectivity index (χ0n) is 14.9. The Labute approximate surface area is 143 Å². The highest BCUT2D eigenvalue weighted by Gasteiger charge is 2.22. The van der Waals surface area contributed by atoms with Crippen LogP contribution in [0.25, 0.3) is 10.9 Å². The Balaban J connectivity index is 1.96. The zero-order chi connectivity index (χ0) is 17.3. The SMILES string of the molecule is CC(C)(C)Cc1c(CN2CCC(N)CC2)ncc2cc(C#N)[nH]c12. The quantitative estimate of drug-likeness (QED) is 0.909. The summed E-state index contributed by atoms with van der Waals surface area (Å²) >= 11 is 0. The van der Waals surface area contributed by atoms with Crippen LogP contribution in [-0.4, -0.2) is 34.0 Å². The molecule has 1 fully saturated rings. The Bertz CT molecular complexity index is 754. The van der Waals surface area contributed by atoms with E-state index in [2.05, 4.69) is 36.7 Å². The van der Waals surface area contributed by atoms with Gasteiger partial charge >= 0.3 is 0 Å². The molecule has 1 saturated heterocycles. The van der Waals surface area contributed by atoms with E-state index in [1.807, 2.05) is 12.3 Å². The van der Waals surface area contributed by atoms with Crippen molar-refractivity contribution in [3.8, 4) is 6.07 Å². The molecule has 24 heavy (non-hydrogen) atoms. The largest absolute Gasteiger partial charge is 0.346 e. The lowest BCUT2D eigenvalue weighted by Gasteiger charge is -2.30. The van der Waals surface area contributed by atoms with E-state index in [1.165, 1.54) is 5.56 Å². The van der Waals surface area contributed by atoms with Gasteiger partial charge < -0.3 is 10.7 Å². The third-order valence-corrected chi connectivity index (χ3v) is 4.69. The molecule has 0 aromatic carbocycles. The molecule has 0 spiro atoms. The number of aromatic amines is 1. The van der Waals surface area contributed by atoms with Gasteiger partial charge in [-0.15, -0.1) is 0 Å². The summed E-state index contributed by atoms with van der Waals surface area (Å²) in [4.78, 5) is 10.5. The molecule has 1 aliphatic rings. The Kier molecular flexibility index (Phi) is 4.62. The molecular weight excluding hydrogens is 298 g/mol. The molecule has 3 N–H and O–H groups in total. The number of piperidine rings is 1. The Hall–Kier alpha value is -1.90. The number of likely N-dealkylation sites (tertiary alicyclic amines) is 1. The third-order valence-electron chi connectivity index (χ3n) is 4.69. The van der Waals surface area contributed by atoms with Crippen LogP contribution in [0.3, 0.4) is 0 Å². The van der Waals surface area contributed by atoms with Gasteiger partial charge in [-0.25, -0.2) is 0 Å². The fraction of sp³-hybridized carbons (Fsp3) is 0.579. The molecule has 5 heteroatoms. The molecule has 3 rings (SSSR count). The second-order valence-electron chi connectivity index (χ2n) is 8.16. The number of hydrogen-bond donors (Lipinski definition) is 2. The van der Waals surface area contributed by atoms with E-state index in [0.717, 1.165) is 55.5 Å². The number of nitriles is 1. The summed E-state index contributed by atoms with van der Waals surface area (Å²) < 4.78 is 0. The molecule has 0 radical (unpaired) electrons. The second-order valence-corrected chi connectivity index (χ2v) is 8.16. The van der Waals surface area contributed by atoms with Crippen LogP contribution in [0.4, 0.5) is 0 Å². The van der Waals surface area contributed by atoms with E-state index in [0.29, 0.717) is 11.7 Å². The van der Waals surface area contributed by atoms with Crippen molar-refractivity contribution in [3.63, 3.8) is 0 Å². The standard InChI is InChI=1S/C19H27N5/c1-19(2,3)9-16-17(12-24-6-4-14(21)5-7-24)22-11-13-8-15(10-20)23-18(13)16/h8,11,14,23H,4-7,9,12,21H2,1-3H3. The summed E-state index contributed by atoms with van der Waals surface area (Å²) in [6.07, 6.45) is 4.94. The normalized spacial score (nSPS) is 17.3. The average molecular weight is 325 g/mol. The van der Waals surface area contributed by atoms with Gasteiger partial charge in [0, 0.05) is 37.3 Å². The van der Waals surface area contributed by atoms with Gasteiger partial charge in [0.15, 0.2) is 0 Å². The fourth-order valence-corrected chi connectivity index (χ4v) is 3.43.